The number of benzene rings is 3. The van der Waals surface area contributed by atoms with E-state index in [0.29, 0.717) is 31.4 Å². The number of hydrogen-bond donors (Lipinski definition) is 1. The van der Waals surface area contributed by atoms with Crippen molar-refractivity contribution < 1.29 is 12.8 Å². The summed E-state index contributed by atoms with van der Waals surface area (Å²) in [5.74, 6) is 0. The molecule has 0 aliphatic rings. The van der Waals surface area contributed by atoms with Gasteiger partial charge in [-0.2, -0.15) is 0 Å². The Kier molecular flexibility index (Phi) is 5.68. The van der Waals surface area contributed by atoms with Crippen LogP contribution in [-0.4, -0.2) is 13.4 Å². The van der Waals surface area contributed by atoms with E-state index in [9.17, 15) is 8.42 Å². The number of nitrogens with zero attached hydrogens (tertiary/aromatic N) is 1. The van der Waals surface area contributed by atoms with Crippen molar-refractivity contribution in [2.45, 2.75) is 15.0 Å². The zero-order valence-corrected chi connectivity index (χ0v) is 18.3. The summed E-state index contributed by atoms with van der Waals surface area (Å²) in [7, 11) is -3.90. The van der Waals surface area contributed by atoms with Gasteiger partial charge >= 0.3 is 0 Å². The lowest BCUT2D eigenvalue weighted by Gasteiger charge is -2.11. The highest BCUT2D eigenvalue weighted by Gasteiger charge is 2.19. The zero-order chi connectivity index (χ0) is 20.6. The molecular weight excluding hydrogens is 475 g/mol. The molecule has 0 unspecified atom stereocenters. The molecule has 3 aromatic carbocycles. The highest BCUT2D eigenvalue weighted by molar-refractivity contribution is 7.99. The number of oxazole rings is 1. The topological polar surface area (TPSA) is 72.2 Å². The Morgan fingerprint density at radius 2 is 1.72 bits per heavy atom. The zero-order valence-electron chi connectivity index (χ0n) is 14.4. The van der Waals surface area contributed by atoms with Gasteiger partial charge in [0.25, 0.3) is 15.2 Å². The number of nitrogens with one attached hydrogen (secondary N) is 1. The number of fused-ring (bicyclic) bond motifs is 1. The van der Waals surface area contributed by atoms with Crippen LogP contribution >= 0.6 is 46.6 Å². The van der Waals surface area contributed by atoms with Crippen LogP contribution in [0.1, 0.15) is 0 Å². The van der Waals surface area contributed by atoms with Crippen molar-refractivity contribution in [1.82, 2.24) is 4.98 Å². The van der Waals surface area contributed by atoms with E-state index < -0.39 is 10.0 Å². The molecule has 0 amide bonds. The number of para-hydroxylation sites is 2. The van der Waals surface area contributed by atoms with E-state index in [1.54, 1.807) is 12.1 Å². The fourth-order valence-electron chi connectivity index (χ4n) is 2.54. The highest BCUT2D eigenvalue weighted by atomic mass is 35.5. The second-order valence-corrected chi connectivity index (χ2v) is 9.77. The van der Waals surface area contributed by atoms with Gasteiger partial charge in [0, 0.05) is 9.92 Å². The molecule has 4 rings (SSSR count). The first-order valence-electron chi connectivity index (χ1n) is 8.13. The summed E-state index contributed by atoms with van der Waals surface area (Å²) in [5, 5.41) is 1.16. The molecule has 148 valence electrons. The second-order valence-electron chi connectivity index (χ2n) is 5.88. The van der Waals surface area contributed by atoms with Crippen molar-refractivity contribution in [1.29, 1.82) is 0 Å². The monoisotopic (exact) mass is 484 g/mol. The molecule has 0 spiro atoms. The quantitative estimate of drug-likeness (QED) is 0.339. The molecule has 0 fully saturated rings. The van der Waals surface area contributed by atoms with Gasteiger partial charge in [0.1, 0.15) is 10.4 Å². The Hall–Kier alpha value is -1.90. The molecule has 0 radical (unpaired) electrons. The normalized spacial score (nSPS) is 11.7. The van der Waals surface area contributed by atoms with Gasteiger partial charge in [-0.1, -0.05) is 46.9 Å². The van der Waals surface area contributed by atoms with E-state index in [1.165, 1.54) is 36.0 Å². The predicted molar refractivity (Wildman–Crippen MR) is 117 cm³/mol. The first kappa shape index (κ1) is 20.4. The van der Waals surface area contributed by atoms with Crippen LogP contribution in [0.25, 0.3) is 11.1 Å². The van der Waals surface area contributed by atoms with Gasteiger partial charge in [0.2, 0.25) is 0 Å². The lowest BCUT2D eigenvalue weighted by atomic mass is 10.3. The number of aromatic nitrogens is 1. The van der Waals surface area contributed by atoms with E-state index in [2.05, 4.69) is 9.71 Å². The maximum atomic E-state index is 12.6. The lowest BCUT2D eigenvalue weighted by Crippen LogP contribution is -2.13. The molecule has 1 heterocycles. The molecule has 0 saturated carbocycles. The van der Waals surface area contributed by atoms with Crippen molar-refractivity contribution in [2.75, 3.05) is 4.72 Å². The van der Waals surface area contributed by atoms with Crippen LogP contribution < -0.4 is 4.72 Å². The SMILES string of the molecule is O=S(=O)(Nc1ccc(Sc2nc3ccccc3o2)c(Cl)c1)c1ccc(Cl)cc1Cl. The molecule has 5 nitrogen and oxygen atoms in total. The summed E-state index contributed by atoms with van der Waals surface area (Å²) >= 11 is 19.4. The summed E-state index contributed by atoms with van der Waals surface area (Å²) in [5.41, 5.74) is 1.72. The highest BCUT2D eigenvalue weighted by Crippen LogP contribution is 2.36. The third-order valence-corrected chi connectivity index (χ3v) is 7.29. The summed E-state index contributed by atoms with van der Waals surface area (Å²) in [6.45, 7) is 0. The molecule has 0 bridgehead atoms. The first-order chi connectivity index (χ1) is 13.8. The Morgan fingerprint density at radius 3 is 2.45 bits per heavy atom. The Morgan fingerprint density at radius 1 is 0.931 bits per heavy atom. The van der Waals surface area contributed by atoms with E-state index in [4.69, 9.17) is 39.2 Å². The van der Waals surface area contributed by atoms with Crippen LogP contribution in [0.15, 0.2) is 80.1 Å². The van der Waals surface area contributed by atoms with Gasteiger partial charge in [-0.25, -0.2) is 13.4 Å². The molecule has 10 heteroatoms. The van der Waals surface area contributed by atoms with Crippen LogP contribution in [0.3, 0.4) is 0 Å². The molecule has 0 aliphatic carbocycles. The van der Waals surface area contributed by atoms with Gasteiger partial charge in [-0.05, 0) is 60.3 Å². The van der Waals surface area contributed by atoms with E-state index in [-0.39, 0.29) is 9.92 Å². The van der Waals surface area contributed by atoms with Crippen molar-refractivity contribution in [2.24, 2.45) is 0 Å². The lowest BCUT2D eigenvalue weighted by molar-refractivity contribution is 0.489. The third kappa shape index (κ3) is 4.49. The van der Waals surface area contributed by atoms with Crippen LogP contribution in [0.4, 0.5) is 5.69 Å². The number of hydrogen-bond acceptors (Lipinski definition) is 5. The van der Waals surface area contributed by atoms with Crippen molar-refractivity contribution in [3.05, 3.63) is 75.7 Å². The van der Waals surface area contributed by atoms with Crippen molar-refractivity contribution >= 4 is 73.4 Å². The Bertz CT molecular complexity index is 1290. The fraction of sp³-hybridized carbons (Fsp3) is 0. The average Bonchev–Trinajstić information content (AvgIpc) is 3.06. The summed E-state index contributed by atoms with van der Waals surface area (Å²) in [6, 6.07) is 16.4. The molecule has 4 aromatic rings. The van der Waals surface area contributed by atoms with Gasteiger partial charge in [0.05, 0.1) is 15.7 Å². The third-order valence-electron chi connectivity index (χ3n) is 3.84. The maximum absolute atomic E-state index is 12.6. The predicted octanol–water partition coefficient (Wildman–Crippen LogP) is 6.74. The Labute approximate surface area is 186 Å². The molecule has 29 heavy (non-hydrogen) atoms. The van der Waals surface area contributed by atoms with Gasteiger partial charge < -0.3 is 4.42 Å². The van der Waals surface area contributed by atoms with E-state index >= 15 is 0 Å². The first-order valence-corrected chi connectivity index (χ1v) is 11.6. The molecule has 0 atom stereocenters. The van der Waals surface area contributed by atoms with Gasteiger partial charge in [-0.15, -0.1) is 0 Å². The number of sulfonamides is 1. The number of halogens is 3. The fourth-order valence-corrected chi connectivity index (χ4v) is 5.41. The maximum Gasteiger partial charge on any atom is 0.263 e. The van der Waals surface area contributed by atoms with Crippen LogP contribution in [-0.2, 0) is 10.0 Å². The second kappa shape index (κ2) is 8.08. The van der Waals surface area contributed by atoms with Gasteiger partial charge in [-0.3, -0.25) is 4.72 Å². The Balaban J connectivity index is 1.56. The summed E-state index contributed by atoms with van der Waals surface area (Å²) < 4.78 is 33.4. The molecule has 0 saturated heterocycles. The van der Waals surface area contributed by atoms with E-state index in [1.807, 2.05) is 24.3 Å². The van der Waals surface area contributed by atoms with Crippen molar-refractivity contribution in [3.63, 3.8) is 0 Å². The number of anilines is 1. The smallest absolute Gasteiger partial charge is 0.263 e. The van der Waals surface area contributed by atoms with Crippen LogP contribution in [0.2, 0.25) is 15.1 Å². The van der Waals surface area contributed by atoms with E-state index in [0.717, 1.165) is 5.52 Å². The van der Waals surface area contributed by atoms with Crippen molar-refractivity contribution in [3.8, 4) is 0 Å². The minimum Gasteiger partial charge on any atom is -0.431 e. The molecular formula is C19H11Cl3N2O3S2. The van der Waals surface area contributed by atoms with Gasteiger partial charge in [0.15, 0.2) is 5.58 Å². The molecule has 1 aromatic heterocycles. The summed E-state index contributed by atoms with van der Waals surface area (Å²) in [4.78, 5) is 4.98. The summed E-state index contributed by atoms with van der Waals surface area (Å²) in [6.07, 6.45) is 0. The largest absolute Gasteiger partial charge is 0.431 e. The van der Waals surface area contributed by atoms with Crippen LogP contribution in [0.5, 0.6) is 0 Å². The molecule has 0 aliphatic heterocycles. The average molecular weight is 486 g/mol. The number of rotatable bonds is 5. The standard InChI is InChI=1S/C19H11Cl3N2O3S2/c20-11-5-8-18(14(22)9-11)29(25,26)24-12-6-7-17(13(21)10-12)28-19-23-15-3-1-2-4-16(15)27-19/h1-10,24H. The van der Waals surface area contributed by atoms with Crippen LogP contribution in [0, 0.1) is 0 Å². The molecule has 1 N–H and O–H groups in total. The minimum absolute atomic E-state index is 0.0271. The minimum atomic E-state index is -3.90.